The second kappa shape index (κ2) is 2.83. The number of halogens is 2. The molecule has 0 aromatic heterocycles. The van der Waals surface area contributed by atoms with Crippen LogP contribution in [0.4, 0.5) is 14.5 Å². The molecule has 1 aliphatic heterocycles. The van der Waals surface area contributed by atoms with Gasteiger partial charge in [0.15, 0.2) is 5.82 Å². The van der Waals surface area contributed by atoms with Crippen LogP contribution in [0, 0.1) is 11.6 Å². The lowest BCUT2D eigenvalue weighted by molar-refractivity contribution is 0.114. The van der Waals surface area contributed by atoms with Gasteiger partial charge in [-0.1, -0.05) is 0 Å². The van der Waals surface area contributed by atoms with Crippen molar-refractivity contribution in [3.8, 4) is 5.75 Å². The molecule has 0 amide bonds. The molecular formula is C10H11F2NO. The van der Waals surface area contributed by atoms with Crippen LogP contribution in [0.3, 0.4) is 0 Å². The highest BCUT2D eigenvalue weighted by Gasteiger charge is 2.28. The summed E-state index contributed by atoms with van der Waals surface area (Å²) < 4.78 is 31.5. The molecule has 0 bridgehead atoms. The number of rotatable bonds is 0. The minimum absolute atomic E-state index is 0.235. The maximum Gasteiger partial charge on any atom is 0.153 e. The summed E-state index contributed by atoms with van der Waals surface area (Å²) in [6, 6.07) is 2.03. The van der Waals surface area contributed by atoms with Crippen molar-refractivity contribution in [2.75, 3.05) is 11.9 Å². The van der Waals surface area contributed by atoms with Gasteiger partial charge in [0.1, 0.15) is 22.9 Å². The first-order valence-corrected chi connectivity index (χ1v) is 4.40. The fourth-order valence-corrected chi connectivity index (χ4v) is 1.44. The molecule has 1 aliphatic rings. The minimum Gasteiger partial charge on any atom is -0.484 e. The maximum absolute atomic E-state index is 13.2. The molecule has 0 fully saturated rings. The predicted molar refractivity (Wildman–Crippen MR) is 49.6 cm³/mol. The third kappa shape index (κ3) is 1.52. The maximum atomic E-state index is 13.2. The normalized spacial score (nSPS) is 18.0. The number of fused-ring (bicyclic) bond motifs is 1. The van der Waals surface area contributed by atoms with Gasteiger partial charge in [-0.25, -0.2) is 8.78 Å². The highest BCUT2D eigenvalue weighted by Crippen LogP contribution is 2.35. The van der Waals surface area contributed by atoms with Gasteiger partial charge in [0.2, 0.25) is 0 Å². The summed E-state index contributed by atoms with van der Waals surface area (Å²) in [5.74, 6) is -1.00. The zero-order valence-electron chi connectivity index (χ0n) is 8.03. The van der Waals surface area contributed by atoms with Gasteiger partial charge >= 0.3 is 0 Å². The van der Waals surface area contributed by atoms with Crippen molar-refractivity contribution in [3.63, 3.8) is 0 Å². The Hall–Kier alpha value is -1.32. The summed E-state index contributed by atoms with van der Waals surface area (Å²) in [6.45, 7) is 4.21. The van der Waals surface area contributed by atoms with Crippen molar-refractivity contribution < 1.29 is 13.5 Å². The monoisotopic (exact) mass is 199 g/mol. The fourth-order valence-electron chi connectivity index (χ4n) is 1.44. The fraction of sp³-hybridized carbons (Fsp3) is 0.400. The third-order valence-electron chi connectivity index (χ3n) is 2.10. The van der Waals surface area contributed by atoms with E-state index in [-0.39, 0.29) is 11.4 Å². The molecule has 0 spiro atoms. The van der Waals surface area contributed by atoms with Gasteiger partial charge in [-0.15, -0.1) is 0 Å². The van der Waals surface area contributed by atoms with E-state index >= 15 is 0 Å². The van der Waals surface area contributed by atoms with Crippen LogP contribution in [0.15, 0.2) is 12.1 Å². The molecule has 4 heteroatoms. The van der Waals surface area contributed by atoms with E-state index in [2.05, 4.69) is 5.32 Å². The van der Waals surface area contributed by atoms with Crippen LogP contribution in [-0.2, 0) is 0 Å². The molecule has 1 heterocycles. The molecule has 2 nitrogen and oxygen atoms in total. The highest BCUT2D eigenvalue weighted by atomic mass is 19.1. The van der Waals surface area contributed by atoms with Crippen molar-refractivity contribution in [2.24, 2.45) is 0 Å². The number of hydrogen-bond acceptors (Lipinski definition) is 2. The second-order valence-electron chi connectivity index (χ2n) is 3.98. The predicted octanol–water partition coefficient (Wildman–Crippen LogP) is 2.55. The summed E-state index contributed by atoms with van der Waals surface area (Å²) in [5.41, 5.74) is -0.196. The minimum atomic E-state index is -0.624. The van der Waals surface area contributed by atoms with Gasteiger partial charge in [0.25, 0.3) is 0 Å². The van der Waals surface area contributed by atoms with Crippen molar-refractivity contribution in [3.05, 3.63) is 23.8 Å². The van der Waals surface area contributed by atoms with E-state index in [0.29, 0.717) is 6.54 Å². The Morgan fingerprint density at radius 2 is 2.07 bits per heavy atom. The summed E-state index contributed by atoms with van der Waals surface area (Å²) in [6.07, 6.45) is 0. The highest BCUT2D eigenvalue weighted by molar-refractivity contribution is 5.59. The topological polar surface area (TPSA) is 21.3 Å². The summed E-state index contributed by atoms with van der Waals surface area (Å²) in [4.78, 5) is 0. The molecule has 14 heavy (non-hydrogen) atoms. The SMILES string of the molecule is CC1(C)CNc2c(F)cc(F)cc2O1. The Morgan fingerprint density at radius 1 is 1.36 bits per heavy atom. The summed E-state index contributed by atoms with van der Waals surface area (Å²) >= 11 is 0. The smallest absolute Gasteiger partial charge is 0.153 e. The van der Waals surface area contributed by atoms with E-state index in [1.807, 2.05) is 13.8 Å². The van der Waals surface area contributed by atoms with Crippen LogP contribution >= 0.6 is 0 Å². The standard InChI is InChI=1S/C10H11F2NO/c1-10(2)5-13-9-7(12)3-6(11)4-8(9)14-10/h3-4,13H,5H2,1-2H3. The molecular weight excluding hydrogens is 188 g/mol. The van der Waals surface area contributed by atoms with Gasteiger partial charge in [0, 0.05) is 12.1 Å². The molecule has 0 saturated carbocycles. The number of hydrogen-bond donors (Lipinski definition) is 1. The average Bonchev–Trinajstić information content (AvgIpc) is 2.00. The molecule has 0 saturated heterocycles. The van der Waals surface area contributed by atoms with Crippen molar-refractivity contribution in [2.45, 2.75) is 19.4 Å². The molecule has 1 N–H and O–H groups in total. The first kappa shape index (κ1) is 9.24. The van der Waals surface area contributed by atoms with Gasteiger partial charge in [-0.3, -0.25) is 0 Å². The van der Waals surface area contributed by atoms with Crippen molar-refractivity contribution in [1.29, 1.82) is 0 Å². The number of ether oxygens (including phenoxy) is 1. The van der Waals surface area contributed by atoms with Crippen molar-refractivity contribution in [1.82, 2.24) is 0 Å². The average molecular weight is 199 g/mol. The van der Waals surface area contributed by atoms with Gasteiger partial charge in [-0.2, -0.15) is 0 Å². The Morgan fingerprint density at radius 3 is 2.79 bits per heavy atom. The largest absolute Gasteiger partial charge is 0.484 e. The Bertz CT molecular complexity index is 377. The van der Waals surface area contributed by atoms with E-state index in [1.165, 1.54) is 6.07 Å². The molecule has 1 aromatic rings. The van der Waals surface area contributed by atoms with E-state index in [0.717, 1.165) is 6.07 Å². The van der Waals surface area contributed by atoms with Gasteiger partial charge in [-0.05, 0) is 13.8 Å². The Labute approximate surface area is 80.9 Å². The molecule has 0 aliphatic carbocycles. The molecule has 1 aromatic carbocycles. The lowest BCUT2D eigenvalue weighted by Gasteiger charge is -2.33. The van der Waals surface area contributed by atoms with Crippen LogP contribution in [0.5, 0.6) is 5.75 Å². The molecule has 76 valence electrons. The van der Waals surface area contributed by atoms with Crippen LogP contribution in [0.25, 0.3) is 0 Å². The van der Waals surface area contributed by atoms with Crippen LogP contribution in [0.1, 0.15) is 13.8 Å². The van der Waals surface area contributed by atoms with Gasteiger partial charge < -0.3 is 10.1 Å². The Balaban J connectivity index is 2.47. The van der Waals surface area contributed by atoms with E-state index < -0.39 is 17.2 Å². The number of benzene rings is 1. The lowest BCUT2D eigenvalue weighted by Crippen LogP contribution is -2.40. The van der Waals surface area contributed by atoms with Crippen LogP contribution < -0.4 is 10.1 Å². The number of nitrogens with one attached hydrogen (secondary N) is 1. The third-order valence-corrected chi connectivity index (χ3v) is 2.10. The molecule has 2 rings (SSSR count). The molecule has 0 unspecified atom stereocenters. The first-order chi connectivity index (χ1) is 6.48. The van der Waals surface area contributed by atoms with E-state index in [1.54, 1.807) is 0 Å². The van der Waals surface area contributed by atoms with Crippen LogP contribution in [-0.4, -0.2) is 12.1 Å². The second-order valence-corrected chi connectivity index (χ2v) is 3.98. The zero-order valence-corrected chi connectivity index (χ0v) is 8.03. The summed E-state index contributed by atoms with van der Waals surface area (Å²) in [5, 5.41) is 2.88. The molecule has 0 atom stereocenters. The first-order valence-electron chi connectivity index (χ1n) is 4.40. The lowest BCUT2D eigenvalue weighted by atomic mass is 10.1. The summed E-state index contributed by atoms with van der Waals surface area (Å²) in [7, 11) is 0. The van der Waals surface area contributed by atoms with E-state index in [9.17, 15) is 8.78 Å². The van der Waals surface area contributed by atoms with E-state index in [4.69, 9.17) is 4.74 Å². The van der Waals surface area contributed by atoms with Crippen molar-refractivity contribution >= 4 is 5.69 Å². The van der Waals surface area contributed by atoms with Gasteiger partial charge in [0.05, 0.1) is 6.54 Å². The Kier molecular flexibility index (Phi) is 1.87. The zero-order chi connectivity index (χ0) is 10.3. The molecule has 0 radical (unpaired) electrons. The van der Waals surface area contributed by atoms with Crippen LogP contribution in [0.2, 0.25) is 0 Å². The quantitative estimate of drug-likeness (QED) is 0.693. The number of anilines is 1.